The van der Waals surface area contributed by atoms with Crippen LogP contribution in [0.1, 0.15) is 6.92 Å². The fourth-order valence-corrected chi connectivity index (χ4v) is 0.983. The first kappa shape index (κ1) is 11.2. The van der Waals surface area contributed by atoms with Crippen molar-refractivity contribution in [1.29, 1.82) is 0 Å². The van der Waals surface area contributed by atoms with Gasteiger partial charge in [-0.2, -0.15) is 4.89 Å². The summed E-state index contributed by atoms with van der Waals surface area (Å²) in [6, 6.07) is 8.53. The van der Waals surface area contributed by atoms with Crippen LogP contribution in [0.3, 0.4) is 0 Å². The minimum Gasteiger partial charge on any atom is -0.331 e. The Labute approximate surface area is 73.1 Å². The molecule has 12 heavy (non-hydrogen) atoms. The molecule has 1 aromatic rings. The van der Waals surface area contributed by atoms with Crippen LogP contribution in [0.25, 0.3) is 0 Å². The van der Waals surface area contributed by atoms with Crippen LogP contribution >= 0.6 is 8.03 Å². The Hall–Kier alpha value is -0.760. The van der Waals surface area contributed by atoms with Crippen molar-refractivity contribution in [1.82, 2.24) is 0 Å². The molecule has 0 saturated heterocycles. The Morgan fingerprint density at radius 1 is 1.42 bits per heavy atom. The zero-order valence-electron chi connectivity index (χ0n) is 6.97. The maximum atomic E-state index is 10.3. The molecule has 3 nitrogen and oxygen atoms in total. The minimum absolute atomic E-state index is 0.479. The first-order chi connectivity index (χ1) is 5.72. The average Bonchev–Trinajstić information content (AvgIpc) is 2.07. The average molecular weight is 186 g/mol. The molecular weight excluding hydrogens is 173 g/mol. The summed E-state index contributed by atoms with van der Waals surface area (Å²) in [5.41, 5.74) is 4.85. The fraction of sp³-hybridized carbons (Fsp3) is 0.250. The molecule has 0 aliphatic rings. The second-order valence-corrected chi connectivity index (χ2v) is 3.08. The molecule has 0 heterocycles. The number of rotatable bonds is 1. The molecule has 0 fully saturated rings. The SMILES string of the molecule is CCN.O=[P+](O)c1ccccc1. The Morgan fingerprint density at radius 2 is 1.83 bits per heavy atom. The minimum atomic E-state index is -2.15. The first-order valence-corrected chi connectivity index (χ1v) is 4.84. The van der Waals surface area contributed by atoms with Gasteiger partial charge in [0, 0.05) is 0 Å². The molecule has 4 heteroatoms. The van der Waals surface area contributed by atoms with Gasteiger partial charge in [0.25, 0.3) is 0 Å². The Balaban J connectivity index is 0.000000354. The summed E-state index contributed by atoms with van der Waals surface area (Å²) in [4.78, 5) is 8.53. The molecule has 1 atom stereocenters. The first-order valence-electron chi connectivity index (χ1n) is 3.63. The number of hydrogen-bond acceptors (Lipinski definition) is 2. The van der Waals surface area contributed by atoms with Gasteiger partial charge in [0.05, 0.1) is 0 Å². The van der Waals surface area contributed by atoms with Crippen molar-refractivity contribution in [2.45, 2.75) is 6.92 Å². The van der Waals surface area contributed by atoms with Gasteiger partial charge < -0.3 is 5.73 Å². The molecule has 0 bridgehead atoms. The van der Waals surface area contributed by atoms with Crippen LogP contribution < -0.4 is 11.0 Å². The molecule has 1 aromatic carbocycles. The lowest BCUT2D eigenvalue weighted by atomic mass is 10.4. The van der Waals surface area contributed by atoms with E-state index in [0.717, 1.165) is 6.54 Å². The van der Waals surface area contributed by atoms with Crippen LogP contribution in [0.15, 0.2) is 30.3 Å². The molecule has 3 N–H and O–H groups in total. The highest BCUT2D eigenvalue weighted by Crippen LogP contribution is 2.10. The van der Waals surface area contributed by atoms with Crippen molar-refractivity contribution < 1.29 is 9.46 Å². The van der Waals surface area contributed by atoms with Gasteiger partial charge in [-0.05, 0) is 23.2 Å². The van der Waals surface area contributed by atoms with E-state index < -0.39 is 8.03 Å². The number of hydrogen-bond donors (Lipinski definition) is 2. The molecule has 0 saturated carbocycles. The smallest absolute Gasteiger partial charge is 0.331 e. The zero-order valence-corrected chi connectivity index (χ0v) is 7.87. The quantitative estimate of drug-likeness (QED) is 0.643. The third-order valence-electron chi connectivity index (χ3n) is 0.977. The molecule has 1 rings (SSSR count). The predicted molar refractivity (Wildman–Crippen MR) is 50.6 cm³/mol. The summed E-state index contributed by atoms with van der Waals surface area (Å²) in [5.74, 6) is 0. The van der Waals surface area contributed by atoms with Gasteiger partial charge in [0.15, 0.2) is 0 Å². The monoisotopic (exact) mass is 186 g/mol. The summed E-state index contributed by atoms with van der Waals surface area (Å²) in [6.45, 7) is 2.65. The lowest BCUT2D eigenvalue weighted by Crippen LogP contribution is -1.91. The Bertz CT molecular complexity index is 226. The molecule has 66 valence electrons. The Kier molecular flexibility index (Phi) is 6.48. The summed E-state index contributed by atoms with van der Waals surface area (Å²) in [5, 5.41) is 0.479. The van der Waals surface area contributed by atoms with E-state index in [1.807, 2.05) is 13.0 Å². The van der Waals surface area contributed by atoms with E-state index in [0.29, 0.717) is 5.30 Å². The van der Waals surface area contributed by atoms with E-state index >= 15 is 0 Å². The third kappa shape index (κ3) is 4.97. The third-order valence-corrected chi connectivity index (χ3v) is 1.72. The molecule has 0 radical (unpaired) electrons. The van der Waals surface area contributed by atoms with E-state index in [9.17, 15) is 4.57 Å². The zero-order chi connectivity index (χ0) is 9.40. The van der Waals surface area contributed by atoms with E-state index in [-0.39, 0.29) is 0 Å². The lowest BCUT2D eigenvalue weighted by Gasteiger charge is -1.77. The van der Waals surface area contributed by atoms with Crippen LogP contribution in [0.5, 0.6) is 0 Å². The largest absolute Gasteiger partial charge is 0.546 e. The highest BCUT2D eigenvalue weighted by atomic mass is 31.1. The van der Waals surface area contributed by atoms with Crippen molar-refractivity contribution >= 4 is 13.3 Å². The topological polar surface area (TPSA) is 63.3 Å². The van der Waals surface area contributed by atoms with E-state index in [1.54, 1.807) is 24.3 Å². The summed E-state index contributed by atoms with van der Waals surface area (Å²) >= 11 is 0. The van der Waals surface area contributed by atoms with Crippen LogP contribution in [-0.4, -0.2) is 11.4 Å². The normalized spacial score (nSPS) is 9.75. The summed E-state index contributed by atoms with van der Waals surface area (Å²) in [7, 11) is -2.15. The highest BCUT2D eigenvalue weighted by molar-refractivity contribution is 7.47. The summed E-state index contributed by atoms with van der Waals surface area (Å²) in [6.07, 6.45) is 0. The van der Waals surface area contributed by atoms with Crippen LogP contribution in [0.2, 0.25) is 0 Å². The number of benzene rings is 1. The molecule has 0 aliphatic heterocycles. The van der Waals surface area contributed by atoms with Gasteiger partial charge >= 0.3 is 8.03 Å². The van der Waals surface area contributed by atoms with Crippen molar-refractivity contribution in [2.24, 2.45) is 5.73 Å². The summed E-state index contributed by atoms with van der Waals surface area (Å²) < 4.78 is 10.3. The van der Waals surface area contributed by atoms with Crippen molar-refractivity contribution in [2.75, 3.05) is 6.54 Å². The Morgan fingerprint density at radius 3 is 2.08 bits per heavy atom. The van der Waals surface area contributed by atoms with Crippen LogP contribution in [0, 0.1) is 0 Å². The second-order valence-electron chi connectivity index (χ2n) is 2.02. The highest BCUT2D eigenvalue weighted by Gasteiger charge is 2.12. The van der Waals surface area contributed by atoms with Gasteiger partial charge in [-0.25, -0.2) is 0 Å². The standard InChI is InChI=1S/C6H5O2P.C2H7N/c7-9(8)6-4-2-1-3-5-6;1-2-3/h1-5H;2-3H2,1H3/p+1. The van der Waals surface area contributed by atoms with Crippen molar-refractivity contribution in [3.05, 3.63) is 30.3 Å². The second kappa shape index (κ2) is 6.92. The van der Waals surface area contributed by atoms with Gasteiger partial charge in [-0.3, -0.25) is 0 Å². The van der Waals surface area contributed by atoms with E-state index in [4.69, 9.17) is 10.6 Å². The lowest BCUT2D eigenvalue weighted by molar-refractivity contribution is 0.513. The fourth-order valence-electron chi connectivity index (χ4n) is 0.556. The molecule has 1 unspecified atom stereocenters. The van der Waals surface area contributed by atoms with Gasteiger partial charge in [0.1, 0.15) is 0 Å². The van der Waals surface area contributed by atoms with E-state index in [2.05, 4.69) is 0 Å². The molecule has 0 amide bonds. The maximum Gasteiger partial charge on any atom is 0.546 e. The van der Waals surface area contributed by atoms with E-state index in [1.165, 1.54) is 0 Å². The molecule has 0 aromatic heterocycles. The molecular formula is C8H13NO2P+. The van der Waals surface area contributed by atoms with Crippen molar-refractivity contribution in [3.8, 4) is 0 Å². The van der Waals surface area contributed by atoms with Crippen LogP contribution in [0.4, 0.5) is 0 Å². The van der Waals surface area contributed by atoms with Gasteiger partial charge in [-0.15, -0.1) is 0 Å². The predicted octanol–water partition coefficient (Wildman–Crippen LogP) is 1.01. The maximum absolute atomic E-state index is 10.3. The molecule has 0 aliphatic carbocycles. The van der Waals surface area contributed by atoms with Crippen LogP contribution in [-0.2, 0) is 4.57 Å². The molecule has 0 spiro atoms. The number of nitrogens with two attached hydrogens (primary N) is 1. The van der Waals surface area contributed by atoms with Gasteiger partial charge in [0.2, 0.25) is 5.30 Å². The van der Waals surface area contributed by atoms with Gasteiger partial charge in [-0.1, -0.05) is 25.1 Å². The van der Waals surface area contributed by atoms with Crippen molar-refractivity contribution in [3.63, 3.8) is 0 Å².